The molecule has 1 fully saturated rings. The minimum atomic E-state index is -0.614. The van der Waals surface area contributed by atoms with Crippen LogP contribution >= 0.6 is 0 Å². The summed E-state index contributed by atoms with van der Waals surface area (Å²) in [5.74, 6) is 0. The van der Waals surface area contributed by atoms with E-state index in [0.717, 1.165) is 37.2 Å². The third-order valence-corrected chi connectivity index (χ3v) is 5.86. The summed E-state index contributed by atoms with van der Waals surface area (Å²) in [4.78, 5) is 23.3. The maximum atomic E-state index is 11.1. The molecule has 1 aliphatic heterocycles. The van der Waals surface area contributed by atoms with Crippen LogP contribution in [0.15, 0.2) is 36.7 Å². The lowest BCUT2D eigenvalue weighted by molar-refractivity contribution is 0.0901. The molecule has 7 nitrogen and oxygen atoms in total. The van der Waals surface area contributed by atoms with Gasteiger partial charge in [0.05, 0.1) is 23.5 Å². The Kier molecular flexibility index (Phi) is 7.76. The number of nitrogens with one attached hydrogen (secondary N) is 2. The van der Waals surface area contributed by atoms with Crippen molar-refractivity contribution in [2.24, 2.45) is 0 Å². The van der Waals surface area contributed by atoms with Gasteiger partial charge in [-0.15, -0.1) is 0 Å². The fraction of sp³-hybridized carbons (Fsp3) is 0.458. The molecule has 1 aliphatic rings. The van der Waals surface area contributed by atoms with Crippen molar-refractivity contribution < 1.29 is 10.0 Å². The highest BCUT2D eigenvalue weighted by Crippen LogP contribution is 2.42. The SMILES string of the molecule is Cc1cnc([C@H]2CCC[C@@H](c3ncc(C)cc3C)N2CC=CCNC(=O)NO)c(C)c1. The molecule has 0 radical (unpaired) electrons. The van der Waals surface area contributed by atoms with Crippen molar-refractivity contribution in [3.63, 3.8) is 0 Å². The van der Waals surface area contributed by atoms with Crippen LogP contribution in [0.1, 0.15) is 65.0 Å². The smallest absolute Gasteiger partial charge is 0.333 e. The van der Waals surface area contributed by atoms with E-state index < -0.39 is 6.03 Å². The van der Waals surface area contributed by atoms with Crippen LogP contribution in [-0.4, -0.2) is 39.2 Å². The predicted octanol–water partition coefficient (Wildman–Crippen LogP) is 4.22. The number of carbonyl (C=O) groups excluding carboxylic acids is 1. The van der Waals surface area contributed by atoms with Crippen molar-refractivity contribution in [1.29, 1.82) is 0 Å². The summed E-state index contributed by atoms with van der Waals surface area (Å²) in [6.07, 6.45) is 11.1. The van der Waals surface area contributed by atoms with Crippen LogP contribution in [0.25, 0.3) is 0 Å². The second-order valence-electron chi connectivity index (χ2n) is 8.38. The van der Waals surface area contributed by atoms with Crippen LogP contribution in [0.5, 0.6) is 0 Å². The third kappa shape index (κ3) is 5.68. The largest absolute Gasteiger partial charge is 0.338 e. The zero-order valence-electron chi connectivity index (χ0n) is 18.9. The molecular formula is C24H33N5O2. The third-order valence-electron chi connectivity index (χ3n) is 5.86. The molecule has 3 N–H and O–H groups in total. The Labute approximate surface area is 184 Å². The molecule has 2 aromatic rings. The fourth-order valence-electron chi connectivity index (χ4n) is 4.52. The molecule has 0 aliphatic carbocycles. The molecule has 0 spiro atoms. The molecule has 2 amide bonds. The summed E-state index contributed by atoms with van der Waals surface area (Å²) >= 11 is 0. The number of aryl methyl sites for hydroxylation is 4. The summed E-state index contributed by atoms with van der Waals surface area (Å²) in [5.41, 5.74) is 8.61. The van der Waals surface area contributed by atoms with E-state index in [2.05, 4.69) is 56.1 Å². The quantitative estimate of drug-likeness (QED) is 0.368. The van der Waals surface area contributed by atoms with Gasteiger partial charge >= 0.3 is 6.03 Å². The molecule has 3 rings (SSSR count). The average molecular weight is 424 g/mol. The van der Waals surface area contributed by atoms with Gasteiger partial charge in [-0.2, -0.15) is 0 Å². The molecular weight excluding hydrogens is 390 g/mol. The number of urea groups is 1. The normalized spacial score (nSPS) is 19.5. The minimum Gasteiger partial charge on any atom is -0.333 e. The van der Waals surface area contributed by atoms with E-state index >= 15 is 0 Å². The van der Waals surface area contributed by atoms with Crippen molar-refractivity contribution in [1.82, 2.24) is 25.7 Å². The van der Waals surface area contributed by atoms with E-state index in [-0.39, 0.29) is 12.1 Å². The van der Waals surface area contributed by atoms with Crippen molar-refractivity contribution in [2.45, 2.75) is 59.0 Å². The van der Waals surface area contributed by atoms with Gasteiger partial charge in [0.15, 0.2) is 0 Å². The van der Waals surface area contributed by atoms with Crippen LogP contribution in [0.3, 0.4) is 0 Å². The summed E-state index contributed by atoms with van der Waals surface area (Å²) in [6, 6.07) is 4.21. The van der Waals surface area contributed by atoms with Crippen LogP contribution in [0.4, 0.5) is 4.79 Å². The standard InChI is InChI=1S/C24H33N5O2/c1-16-12-18(3)22(26-14-16)20-8-7-9-21(23-19(4)13-17(2)15-27-23)29(20)11-6-5-10-25-24(30)28-31/h5-6,12-15,20-21,31H,7-11H2,1-4H3,(H2,25,28,30)/t20-,21+. The molecule has 0 aromatic carbocycles. The molecule has 2 aromatic heterocycles. The number of hydroxylamine groups is 1. The van der Waals surface area contributed by atoms with E-state index in [1.807, 2.05) is 18.5 Å². The number of carbonyl (C=O) groups is 1. The summed E-state index contributed by atoms with van der Waals surface area (Å²) in [5, 5.41) is 11.2. The lowest BCUT2D eigenvalue weighted by Crippen LogP contribution is -2.38. The Morgan fingerprint density at radius 2 is 1.58 bits per heavy atom. The Morgan fingerprint density at radius 1 is 1.03 bits per heavy atom. The monoisotopic (exact) mass is 423 g/mol. The van der Waals surface area contributed by atoms with Crippen LogP contribution in [0.2, 0.25) is 0 Å². The topological polar surface area (TPSA) is 90.4 Å². The lowest BCUT2D eigenvalue weighted by Gasteiger charge is -2.42. The lowest BCUT2D eigenvalue weighted by atomic mass is 9.88. The van der Waals surface area contributed by atoms with Gasteiger partial charge in [0.2, 0.25) is 0 Å². The molecule has 166 valence electrons. The molecule has 2 atom stereocenters. The number of piperidine rings is 1. The Morgan fingerprint density at radius 3 is 2.06 bits per heavy atom. The van der Waals surface area contributed by atoms with Crippen LogP contribution in [-0.2, 0) is 0 Å². The van der Waals surface area contributed by atoms with Gasteiger partial charge < -0.3 is 5.32 Å². The molecule has 31 heavy (non-hydrogen) atoms. The van der Waals surface area contributed by atoms with Crippen molar-refractivity contribution in [3.8, 4) is 0 Å². The Bertz CT molecular complexity index is 884. The second kappa shape index (κ2) is 10.5. The highest BCUT2D eigenvalue weighted by Gasteiger charge is 2.34. The van der Waals surface area contributed by atoms with E-state index in [1.165, 1.54) is 22.3 Å². The highest BCUT2D eigenvalue weighted by atomic mass is 16.5. The van der Waals surface area contributed by atoms with Gasteiger partial charge in [0.1, 0.15) is 0 Å². The Hall–Kier alpha value is -2.77. The number of aromatic nitrogens is 2. The number of rotatable bonds is 6. The maximum absolute atomic E-state index is 11.1. The van der Waals surface area contributed by atoms with Gasteiger partial charge in [-0.3, -0.25) is 20.1 Å². The summed E-state index contributed by atoms with van der Waals surface area (Å²) in [7, 11) is 0. The number of likely N-dealkylation sites (tertiary alicyclic amines) is 1. The van der Waals surface area contributed by atoms with Crippen LogP contribution in [0, 0.1) is 27.7 Å². The number of pyridine rings is 2. The van der Waals surface area contributed by atoms with Gasteiger partial charge in [-0.1, -0.05) is 24.3 Å². The minimum absolute atomic E-state index is 0.209. The average Bonchev–Trinajstić information content (AvgIpc) is 2.74. The molecule has 3 heterocycles. The van der Waals surface area contributed by atoms with Crippen molar-refractivity contribution in [3.05, 3.63) is 70.3 Å². The molecule has 7 heteroatoms. The number of nitrogens with zero attached hydrogens (tertiary/aromatic N) is 3. The zero-order valence-corrected chi connectivity index (χ0v) is 18.9. The first-order chi connectivity index (χ1) is 14.9. The second-order valence-corrected chi connectivity index (χ2v) is 8.38. The Balaban J connectivity index is 1.89. The molecule has 1 saturated heterocycles. The van der Waals surface area contributed by atoms with Crippen molar-refractivity contribution >= 4 is 6.03 Å². The maximum Gasteiger partial charge on any atom is 0.338 e. The van der Waals surface area contributed by atoms with Gasteiger partial charge in [-0.25, -0.2) is 10.3 Å². The number of hydrogen-bond donors (Lipinski definition) is 3. The first-order valence-corrected chi connectivity index (χ1v) is 10.9. The van der Waals surface area contributed by atoms with Gasteiger partial charge in [0, 0.05) is 25.5 Å². The van der Waals surface area contributed by atoms with E-state index in [9.17, 15) is 4.79 Å². The molecule has 0 unspecified atom stereocenters. The van der Waals surface area contributed by atoms with E-state index in [4.69, 9.17) is 15.2 Å². The molecule has 0 bridgehead atoms. The first-order valence-electron chi connectivity index (χ1n) is 10.9. The first kappa shape index (κ1) is 22.9. The highest BCUT2D eigenvalue weighted by molar-refractivity contribution is 5.72. The van der Waals surface area contributed by atoms with E-state index in [1.54, 1.807) is 5.48 Å². The summed E-state index contributed by atoms with van der Waals surface area (Å²) < 4.78 is 0. The zero-order chi connectivity index (χ0) is 22.4. The van der Waals surface area contributed by atoms with Crippen molar-refractivity contribution in [2.75, 3.05) is 13.1 Å². The van der Waals surface area contributed by atoms with Gasteiger partial charge in [-0.05, 0) is 69.2 Å². The number of hydrogen-bond acceptors (Lipinski definition) is 5. The summed E-state index contributed by atoms with van der Waals surface area (Å²) in [6.45, 7) is 9.49. The number of amides is 2. The fourth-order valence-corrected chi connectivity index (χ4v) is 4.52. The predicted molar refractivity (Wildman–Crippen MR) is 121 cm³/mol. The van der Waals surface area contributed by atoms with E-state index in [0.29, 0.717) is 6.54 Å². The van der Waals surface area contributed by atoms with Gasteiger partial charge in [0.25, 0.3) is 0 Å². The van der Waals surface area contributed by atoms with Crippen LogP contribution < -0.4 is 10.8 Å². The molecule has 0 saturated carbocycles.